The van der Waals surface area contributed by atoms with Crippen molar-refractivity contribution in [3.63, 3.8) is 0 Å². The third-order valence-corrected chi connectivity index (χ3v) is 7.11. The van der Waals surface area contributed by atoms with Gasteiger partial charge < -0.3 is 10.5 Å². The number of nitrogens with one attached hydrogen (secondary N) is 1. The van der Waals surface area contributed by atoms with Gasteiger partial charge in [0.2, 0.25) is 10.0 Å². The van der Waals surface area contributed by atoms with Crippen LogP contribution in [0.15, 0.2) is 27.6 Å². The van der Waals surface area contributed by atoms with E-state index in [0.717, 1.165) is 25.7 Å². The van der Waals surface area contributed by atoms with Crippen LogP contribution >= 0.6 is 28.3 Å². The molecule has 5 nitrogen and oxygen atoms in total. The number of halogens is 2. The summed E-state index contributed by atoms with van der Waals surface area (Å²) >= 11 is 3.31. The minimum Gasteiger partial charge on any atom is -0.497 e. The smallest absolute Gasteiger partial charge is 0.242 e. The van der Waals surface area contributed by atoms with Gasteiger partial charge >= 0.3 is 0 Å². The maximum absolute atomic E-state index is 12.8. The highest BCUT2D eigenvalue weighted by atomic mass is 79.9. The molecule has 0 saturated heterocycles. The largest absolute Gasteiger partial charge is 0.497 e. The van der Waals surface area contributed by atoms with E-state index in [1.54, 1.807) is 25.3 Å². The van der Waals surface area contributed by atoms with Gasteiger partial charge in [0.15, 0.2) is 0 Å². The van der Waals surface area contributed by atoms with Crippen molar-refractivity contribution in [1.82, 2.24) is 4.72 Å². The first-order valence-electron chi connectivity index (χ1n) is 7.42. The third-order valence-electron chi connectivity index (χ3n) is 4.58. The Morgan fingerprint density at radius 1 is 1.43 bits per heavy atom. The SMILES string of the molecule is COc1ccc(S(=O)(=O)NC2(CN)CCCCC2C)c(Br)c1.Cl. The second-order valence-electron chi connectivity index (χ2n) is 5.91. The van der Waals surface area contributed by atoms with Crippen molar-refractivity contribution in [3.05, 3.63) is 22.7 Å². The summed E-state index contributed by atoms with van der Waals surface area (Å²) in [4.78, 5) is 0.207. The van der Waals surface area contributed by atoms with Crippen molar-refractivity contribution in [1.29, 1.82) is 0 Å². The molecule has 0 aliphatic heterocycles. The quantitative estimate of drug-likeness (QED) is 0.756. The van der Waals surface area contributed by atoms with E-state index in [-0.39, 0.29) is 23.2 Å². The van der Waals surface area contributed by atoms with E-state index in [2.05, 4.69) is 27.6 Å². The first-order chi connectivity index (χ1) is 10.3. The zero-order chi connectivity index (χ0) is 16.4. The fraction of sp³-hybridized carbons (Fsp3) is 0.600. The van der Waals surface area contributed by atoms with Gasteiger partial charge in [0.05, 0.1) is 12.0 Å². The summed E-state index contributed by atoms with van der Waals surface area (Å²) < 4.78 is 34.1. The lowest BCUT2D eigenvalue weighted by Gasteiger charge is -2.42. The molecule has 1 aliphatic carbocycles. The normalized spacial score (nSPS) is 24.8. The molecule has 1 aromatic rings. The van der Waals surface area contributed by atoms with Gasteiger partial charge in [-0.1, -0.05) is 19.8 Å². The summed E-state index contributed by atoms with van der Waals surface area (Å²) in [5.74, 6) is 0.823. The van der Waals surface area contributed by atoms with Crippen molar-refractivity contribution in [2.24, 2.45) is 11.7 Å². The lowest BCUT2D eigenvalue weighted by Crippen LogP contribution is -2.58. The van der Waals surface area contributed by atoms with Crippen LogP contribution < -0.4 is 15.2 Å². The topological polar surface area (TPSA) is 81.4 Å². The Bertz CT molecular complexity index is 642. The van der Waals surface area contributed by atoms with Gasteiger partial charge in [0.1, 0.15) is 5.75 Å². The summed E-state index contributed by atoms with van der Waals surface area (Å²) in [5.41, 5.74) is 5.38. The highest BCUT2D eigenvalue weighted by Crippen LogP contribution is 2.35. The predicted molar refractivity (Wildman–Crippen MR) is 97.7 cm³/mol. The molecular formula is C15H24BrClN2O3S. The van der Waals surface area contributed by atoms with Crippen LogP contribution in [0.25, 0.3) is 0 Å². The van der Waals surface area contributed by atoms with Crippen molar-refractivity contribution in [2.75, 3.05) is 13.7 Å². The van der Waals surface area contributed by atoms with E-state index in [1.807, 2.05) is 0 Å². The lowest BCUT2D eigenvalue weighted by atomic mass is 9.74. The number of nitrogens with two attached hydrogens (primary N) is 1. The van der Waals surface area contributed by atoms with Crippen LogP contribution in [-0.2, 0) is 10.0 Å². The average Bonchev–Trinajstić information content (AvgIpc) is 2.49. The van der Waals surface area contributed by atoms with Crippen LogP contribution in [0.4, 0.5) is 0 Å². The maximum Gasteiger partial charge on any atom is 0.242 e. The summed E-state index contributed by atoms with van der Waals surface area (Å²) in [6, 6.07) is 4.83. The number of hydrogen-bond acceptors (Lipinski definition) is 4. The molecule has 2 atom stereocenters. The lowest BCUT2D eigenvalue weighted by molar-refractivity contribution is 0.191. The number of benzene rings is 1. The molecule has 0 radical (unpaired) electrons. The maximum atomic E-state index is 12.8. The molecule has 0 aromatic heterocycles. The Hall–Kier alpha value is -0.340. The van der Waals surface area contributed by atoms with Gasteiger partial charge in [0, 0.05) is 16.6 Å². The fourth-order valence-corrected chi connectivity index (χ4v) is 5.65. The molecule has 0 amide bonds. The van der Waals surface area contributed by atoms with Crippen LogP contribution in [0, 0.1) is 5.92 Å². The Morgan fingerprint density at radius 2 is 2.13 bits per heavy atom. The van der Waals surface area contributed by atoms with Crippen LogP contribution in [0.3, 0.4) is 0 Å². The van der Waals surface area contributed by atoms with Crippen molar-refractivity contribution >= 4 is 38.4 Å². The van der Waals surface area contributed by atoms with Gasteiger partial charge in [-0.25, -0.2) is 13.1 Å². The average molecular weight is 428 g/mol. The van der Waals surface area contributed by atoms with E-state index in [4.69, 9.17) is 10.5 Å². The highest BCUT2D eigenvalue weighted by molar-refractivity contribution is 9.10. The van der Waals surface area contributed by atoms with Gasteiger partial charge in [-0.15, -0.1) is 12.4 Å². The van der Waals surface area contributed by atoms with Crippen LogP contribution in [-0.4, -0.2) is 27.6 Å². The number of hydrogen-bond donors (Lipinski definition) is 2. The first-order valence-corrected chi connectivity index (χ1v) is 9.70. The van der Waals surface area contributed by atoms with Gasteiger partial charge in [-0.3, -0.25) is 0 Å². The van der Waals surface area contributed by atoms with Crippen molar-refractivity contribution < 1.29 is 13.2 Å². The summed E-state index contributed by atoms with van der Waals surface area (Å²) in [6.45, 7) is 2.37. The Kier molecular flexibility index (Phi) is 7.35. The third kappa shape index (κ3) is 4.39. The molecule has 1 aromatic carbocycles. The molecule has 2 unspecified atom stereocenters. The van der Waals surface area contributed by atoms with Crippen LogP contribution in [0.1, 0.15) is 32.6 Å². The standard InChI is InChI=1S/C15H23BrN2O3S.ClH/c1-11-5-3-4-8-15(11,10-17)18-22(19,20)14-7-6-12(21-2)9-13(14)16;/h6-7,9,11,18H,3-5,8,10,17H2,1-2H3;1H. The molecule has 1 aliphatic rings. The molecular weight excluding hydrogens is 404 g/mol. The van der Waals surface area contributed by atoms with E-state index in [1.165, 1.54) is 0 Å². The monoisotopic (exact) mass is 426 g/mol. The van der Waals surface area contributed by atoms with E-state index >= 15 is 0 Å². The van der Waals surface area contributed by atoms with Crippen LogP contribution in [0.5, 0.6) is 5.75 Å². The fourth-order valence-electron chi connectivity index (χ4n) is 3.06. The molecule has 3 N–H and O–H groups in total. The van der Waals surface area contributed by atoms with Gasteiger partial charge in [0.25, 0.3) is 0 Å². The first kappa shape index (κ1) is 20.7. The molecule has 8 heteroatoms. The second kappa shape index (κ2) is 8.16. The Labute approximate surface area is 152 Å². The molecule has 2 rings (SSSR count). The highest BCUT2D eigenvalue weighted by Gasteiger charge is 2.40. The summed E-state index contributed by atoms with van der Waals surface area (Å²) in [7, 11) is -2.11. The van der Waals surface area contributed by atoms with Crippen molar-refractivity contribution in [2.45, 2.75) is 43.0 Å². The molecule has 0 heterocycles. The molecule has 1 fully saturated rings. The zero-order valence-corrected chi connectivity index (χ0v) is 16.6. The Balaban J connectivity index is 0.00000264. The number of sulfonamides is 1. The predicted octanol–water partition coefficient (Wildman–Crippen LogP) is 3.07. The van der Waals surface area contributed by atoms with E-state index in [0.29, 0.717) is 16.8 Å². The van der Waals surface area contributed by atoms with Gasteiger partial charge in [-0.2, -0.15) is 0 Å². The minimum absolute atomic E-state index is 0. The molecule has 23 heavy (non-hydrogen) atoms. The van der Waals surface area contributed by atoms with Crippen LogP contribution in [0.2, 0.25) is 0 Å². The minimum atomic E-state index is -3.65. The number of ether oxygens (including phenoxy) is 1. The van der Waals surface area contributed by atoms with E-state index < -0.39 is 15.6 Å². The number of methoxy groups -OCH3 is 1. The molecule has 1 saturated carbocycles. The zero-order valence-electron chi connectivity index (χ0n) is 13.3. The second-order valence-corrected chi connectivity index (χ2v) is 8.41. The summed E-state index contributed by atoms with van der Waals surface area (Å²) in [6.07, 6.45) is 3.88. The summed E-state index contributed by atoms with van der Waals surface area (Å²) in [5, 5.41) is 0. The van der Waals surface area contributed by atoms with Gasteiger partial charge in [-0.05, 0) is 52.9 Å². The molecule has 0 spiro atoms. The molecule has 132 valence electrons. The van der Waals surface area contributed by atoms with E-state index in [9.17, 15) is 8.42 Å². The Morgan fingerprint density at radius 3 is 2.65 bits per heavy atom. The van der Waals surface area contributed by atoms with Crippen molar-refractivity contribution in [3.8, 4) is 5.75 Å². The molecule has 0 bridgehead atoms. The number of rotatable bonds is 5.